The zero-order valence-corrected chi connectivity index (χ0v) is 12.2. The van der Waals surface area contributed by atoms with Crippen LogP contribution in [0.4, 0.5) is 0 Å². The molecule has 0 atom stereocenters. The second-order valence-corrected chi connectivity index (χ2v) is 5.49. The van der Waals surface area contributed by atoms with Crippen molar-refractivity contribution >= 4 is 23.2 Å². The van der Waals surface area contributed by atoms with Crippen LogP contribution in [0, 0.1) is 0 Å². The van der Waals surface area contributed by atoms with Crippen LogP contribution in [0.3, 0.4) is 0 Å². The van der Waals surface area contributed by atoms with E-state index in [9.17, 15) is 24.9 Å². The Labute approximate surface area is 129 Å². The number of carbonyl (C=O) groups is 2. The van der Waals surface area contributed by atoms with Crippen molar-refractivity contribution in [1.82, 2.24) is 10.3 Å². The lowest BCUT2D eigenvalue weighted by Gasteiger charge is -2.06. The highest BCUT2D eigenvalue weighted by Gasteiger charge is 2.09. The summed E-state index contributed by atoms with van der Waals surface area (Å²) >= 11 is 1.20. The maximum Gasteiger partial charge on any atom is 0.227 e. The normalized spacial score (nSPS) is 10.4. The number of aromatic nitrogens is 1. The Kier molecular flexibility index (Phi) is 4.95. The third-order valence-corrected chi connectivity index (χ3v) is 3.68. The highest BCUT2D eigenvalue weighted by atomic mass is 32.1. The first-order chi connectivity index (χ1) is 10.4. The predicted octanol–water partition coefficient (Wildman–Crippen LogP) is -0.294. The fraction of sp³-hybridized carbons (Fsp3) is 0.214. The van der Waals surface area contributed by atoms with E-state index in [-0.39, 0.29) is 36.8 Å². The van der Waals surface area contributed by atoms with Crippen molar-refractivity contribution in [2.24, 2.45) is 0 Å². The largest absolute Gasteiger partial charge is 0.550 e. The van der Waals surface area contributed by atoms with Crippen LogP contribution in [-0.2, 0) is 29.0 Å². The van der Waals surface area contributed by atoms with Crippen LogP contribution >= 0.6 is 11.3 Å². The fourth-order valence-electron chi connectivity index (χ4n) is 1.75. The molecule has 0 saturated carbocycles. The highest BCUT2D eigenvalue weighted by Crippen LogP contribution is 2.22. The molecule has 0 saturated heterocycles. The van der Waals surface area contributed by atoms with Gasteiger partial charge in [-0.1, -0.05) is 0 Å². The molecule has 116 valence electrons. The maximum atomic E-state index is 11.8. The van der Waals surface area contributed by atoms with Crippen LogP contribution in [0.5, 0.6) is 11.5 Å². The Morgan fingerprint density at radius 1 is 1.27 bits per heavy atom. The Morgan fingerprint density at radius 3 is 2.73 bits per heavy atom. The number of nitrogens with zero attached hydrogens (tertiary/aromatic N) is 1. The molecule has 3 N–H and O–H groups in total. The number of carbonyl (C=O) groups excluding carboxylic acids is 2. The van der Waals surface area contributed by atoms with Crippen molar-refractivity contribution in [1.29, 1.82) is 0 Å². The van der Waals surface area contributed by atoms with E-state index in [0.29, 0.717) is 16.3 Å². The standard InChI is InChI=1S/C14H14N2O5S/c17-10-2-1-8(11(18)4-10)6-15-12(19)5-13-16-9(7-22-13)3-14(20)21/h1-2,4,7,17-18H,3,5-6H2,(H,15,19)(H,20,21)/p-1. The molecular weight excluding hydrogens is 308 g/mol. The van der Waals surface area contributed by atoms with Gasteiger partial charge < -0.3 is 25.4 Å². The fourth-order valence-corrected chi connectivity index (χ4v) is 2.55. The quantitative estimate of drug-likeness (QED) is 0.671. The van der Waals surface area contributed by atoms with Crippen molar-refractivity contribution in [2.75, 3.05) is 0 Å². The number of nitrogens with one attached hydrogen (secondary N) is 1. The number of amides is 1. The molecule has 2 rings (SSSR count). The minimum absolute atomic E-state index is 0.0244. The summed E-state index contributed by atoms with van der Waals surface area (Å²) in [5, 5.41) is 33.9. The molecule has 7 nitrogen and oxygen atoms in total. The Balaban J connectivity index is 1.87. The van der Waals surface area contributed by atoms with E-state index >= 15 is 0 Å². The molecule has 1 amide bonds. The summed E-state index contributed by atoms with van der Waals surface area (Å²) in [4.78, 5) is 26.3. The SMILES string of the molecule is O=C([O-])Cc1csc(CC(=O)NCc2ccc(O)cc2O)n1. The number of aliphatic carboxylic acids is 1. The van der Waals surface area contributed by atoms with Crippen LogP contribution < -0.4 is 10.4 Å². The van der Waals surface area contributed by atoms with Gasteiger partial charge in [0.15, 0.2) is 0 Å². The predicted molar refractivity (Wildman–Crippen MR) is 76.1 cm³/mol. The number of aromatic hydroxyl groups is 2. The van der Waals surface area contributed by atoms with Gasteiger partial charge in [0.05, 0.1) is 12.1 Å². The lowest BCUT2D eigenvalue weighted by atomic mass is 10.2. The molecule has 0 aliphatic rings. The summed E-state index contributed by atoms with van der Waals surface area (Å²) < 4.78 is 0. The molecule has 0 aliphatic heterocycles. The Bertz CT molecular complexity index is 698. The Morgan fingerprint density at radius 2 is 2.05 bits per heavy atom. The maximum absolute atomic E-state index is 11.8. The van der Waals surface area contributed by atoms with E-state index in [0.717, 1.165) is 0 Å². The topological polar surface area (TPSA) is 123 Å². The highest BCUT2D eigenvalue weighted by molar-refractivity contribution is 7.09. The molecule has 2 aromatic rings. The third-order valence-electron chi connectivity index (χ3n) is 2.78. The lowest BCUT2D eigenvalue weighted by Crippen LogP contribution is -2.25. The number of benzene rings is 1. The van der Waals surface area contributed by atoms with Crippen molar-refractivity contribution in [3.63, 3.8) is 0 Å². The van der Waals surface area contributed by atoms with Crippen molar-refractivity contribution in [3.05, 3.63) is 39.8 Å². The number of thiazole rings is 1. The zero-order valence-electron chi connectivity index (χ0n) is 11.4. The number of hydrogen-bond donors (Lipinski definition) is 3. The van der Waals surface area contributed by atoms with Crippen LogP contribution in [0.15, 0.2) is 23.6 Å². The van der Waals surface area contributed by atoms with E-state index in [1.807, 2.05) is 0 Å². The number of carboxylic acids is 1. The Hall–Kier alpha value is -2.61. The number of rotatable bonds is 6. The van der Waals surface area contributed by atoms with Crippen LogP contribution in [0.2, 0.25) is 0 Å². The van der Waals surface area contributed by atoms with Gasteiger partial charge in [0.1, 0.15) is 16.5 Å². The van der Waals surface area contributed by atoms with Crippen molar-refractivity contribution in [2.45, 2.75) is 19.4 Å². The van der Waals surface area contributed by atoms with Crippen LogP contribution in [0.1, 0.15) is 16.3 Å². The first kappa shape index (κ1) is 15.8. The van der Waals surface area contributed by atoms with Gasteiger partial charge >= 0.3 is 0 Å². The van der Waals surface area contributed by atoms with Crippen molar-refractivity contribution < 1.29 is 24.9 Å². The van der Waals surface area contributed by atoms with Gasteiger partial charge in [-0.05, 0) is 12.1 Å². The minimum atomic E-state index is -1.22. The first-order valence-corrected chi connectivity index (χ1v) is 7.22. The molecule has 1 aromatic heterocycles. The minimum Gasteiger partial charge on any atom is -0.550 e. The lowest BCUT2D eigenvalue weighted by molar-refractivity contribution is -0.304. The molecule has 22 heavy (non-hydrogen) atoms. The van der Waals surface area contributed by atoms with E-state index in [1.54, 1.807) is 5.38 Å². The second kappa shape index (κ2) is 6.90. The summed E-state index contributed by atoms with van der Waals surface area (Å²) in [7, 11) is 0. The summed E-state index contributed by atoms with van der Waals surface area (Å²) in [6.07, 6.45) is -0.254. The molecule has 0 fully saturated rings. The number of phenols is 2. The molecule has 0 unspecified atom stereocenters. The van der Waals surface area contributed by atoms with Crippen molar-refractivity contribution in [3.8, 4) is 11.5 Å². The number of carboxylic acid groups (broad SMARTS) is 1. The molecule has 0 radical (unpaired) electrons. The number of hydrogen-bond acceptors (Lipinski definition) is 7. The summed E-state index contributed by atoms with van der Waals surface area (Å²) in [6, 6.07) is 4.11. The molecule has 1 heterocycles. The van der Waals surface area contributed by atoms with Gasteiger partial charge in [-0.2, -0.15) is 0 Å². The van der Waals surface area contributed by atoms with Gasteiger partial charge in [0, 0.05) is 35.9 Å². The molecule has 0 aliphatic carbocycles. The smallest absolute Gasteiger partial charge is 0.227 e. The van der Waals surface area contributed by atoms with Crippen LogP contribution in [0.25, 0.3) is 0 Å². The van der Waals surface area contributed by atoms with Crippen LogP contribution in [-0.4, -0.2) is 27.1 Å². The van der Waals surface area contributed by atoms with E-state index in [1.165, 1.54) is 29.5 Å². The van der Waals surface area contributed by atoms with Gasteiger partial charge in [-0.25, -0.2) is 4.98 Å². The van der Waals surface area contributed by atoms with E-state index in [2.05, 4.69) is 10.3 Å². The molecule has 8 heteroatoms. The monoisotopic (exact) mass is 321 g/mol. The van der Waals surface area contributed by atoms with Gasteiger partial charge in [0.2, 0.25) is 5.91 Å². The first-order valence-electron chi connectivity index (χ1n) is 6.34. The number of phenolic OH excluding ortho intramolecular Hbond substituents is 2. The average molecular weight is 321 g/mol. The molecule has 0 spiro atoms. The van der Waals surface area contributed by atoms with Gasteiger partial charge in [-0.3, -0.25) is 4.79 Å². The molecule has 1 aromatic carbocycles. The average Bonchev–Trinajstić information content (AvgIpc) is 2.84. The molecule has 0 bridgehead atoms. The zero-order chi connectivity index (χ0) is 16.1. The van der Waals surface area contributed by atoms with Gasteiger partial charge in [-0.15, -0.1) is 11.3 Å². The van der Waals surface area contributed by atoms with Gasteiger partial charge in [0.25, 0.3) is 0 Å². The molecular formula is C14H13N2O5S-. The third kappa shape index (κ3) is 4.45. The van der Waals surface area contributed by atoms with E-state index in [4.69, 9.17) is 0 Å². The second-order valence-electron chi connectivity index (χ2n) is 4.55. The summed E-state index contributed by atoms with van der Waals surface area (Å²) in [5.41, 5.74) is 0.840. The summed E-state index contributed by atoms with van der Waals surface area (Å²) in [6.45, 7) is 0.113. The summed E-state index contributed by atoms with van der Waals surface area (Å²) in [5.74, 6) is -1.69. The van der Waals surface area contributed by atoms with E-state index < -0.39 is 5.97 Å².